The lowest BCUT2D eigenvalue weighted by Crippen LogP contribution is -2.33. The zero-order valence-electron chi connectivity index (χ0n) is 11.7. The number of nitrogens with two attached hydrogens (primary N) is 1. The monoisotopic (exact) mass is 265 g/mol. The lowest BCUT2D eigenvalue weighted by Gasteiger charge is -2.22. The van der Waals surface area contributed by atoms with E-state index in [1.165, 1.54) is 0 Å². The first-order valence-electron chi connectivity index (χ1n) is 6.64. The normalized spacial score (nSPS) is 10.5. The molecule has 0 spiro atoms. The van der Waals surface area contributed by atoms with Crippen molar-refractivity contribution in [1.29, 1.82) is 0 Å². The molecular formula is C14H23N3O2. The fraction of sp³-hybridized carbons (Fsp3) is 0.571. The van der Waals surface area contributed by atoms with Gasteiger partial charge in [0.2, 0.25) is 0 Å². The summed E-state index contributed by atoms with van der Waals surface area (Å²) in [6, 6.07) is 3.80. The highest BCUT2D eigenvalue weighted by atomic mass is 16.6. The van der Waals surface area contributed by atoms with E-state index in [4.69, 9.17) is 10.5 Å². The van der Waals surface area contributed by atoms with E-state index in [1.54, 1.807) is 17.3 Å². The molecule has 1 aromatic rings. The lowest BCUT2D eigenvalue weighted by molar-refractivity contribution is 0.0894. The summed E-state index contributed by atoms with van der Waals surface area (Å²) >= 11 is 0. The van der Waals surface area contributed by atoms with Gasteiger partial charge in [0.1, 0.15) is 0 Å². The van der Waals surface area contributed by atoms with Gasteiger partial charge in [0.15, 0.2) is 0 Å². The van der Waals surface area contributed by atoms with Crippen LogP contribution in [0.2, 0.25) is 0 Å². The van der Waals surface area contributed by atoms with Crippen molar-refractivity contribution in [3.63, 3.8) is 0 Å². The molecule has 0 aromatic carbocycles. The molecule has 0 bridgehead atoms. The summed E-state index contributed by atoms with van der Waals surface area (Å²) in [6.45, 7) is 6.12. The van der Waals surface area contributed by atoms with Crippen LogP contribution in [0.1, 0.15) is 25.8 Å². The topological polar surface area (TPSA) is 68.5 Å². The summed E-state index contributed by atoms with van der Waals surface area (Å²) in [7, 11) is 0. The summed E-state index contributed by atoms with van der Waals surface area (Å²) in [5, 5.41) is 0. The highest BCUT2D eigenvalue weighted by molar-refractivity contribution is 5.67. The number of aromatic nitrogens is 1. The molecule has 0 aliphatic carbocycles. The average molecular weight is 265 g/mol. The Kier molecular flexibility index (Phi) is 6.89. The minimum Gasteiger partial charge on any atom is -0.449 e. The summed E-state index contributed by atoms with van der Waals surface area (Å²) in [5.41, 5.74) is 6.49. The molecule has 1 aromatic heterocycles. The Bertz CT molecular complexity index is 368. The van der Waals surface area contributed by atoms with Crippen molar-refractivity contribution >= 4 is 6.09 Å². The summed E-state index contributed by atoms with van der Waals surface area (Å²) in [6.07, 6.45) is 3.94. The second kappa shape index (κ2) is 8.48. The maximum absolute atomic E-state index is 12.0. The Morgan fingerprint density at radius 2 is 2.32 bits per heavy atom. The Labute approximate surface area is 114 Å². The second-order valence-corrected chi connectivity index (χ2v) is 4.90. The van der Waals surface area contributed by atoms with Crippen LogP contribution in [0, 0.1) is 5.92 Å². The van der Waals surface area contributed by atoms with Crippen LogP contribution in [0.15, 0.2) is 24.5 Å². The van der Waals surface area contributed by atoms with Crippen LogP contribution in [0.25, 0.3) is 0 Å². The van der Waals surface area contributed by atoms with Crippen LogP contribution in [0.5, 0.6) is 0 Å². The molecule has 5 heteroatoms. The third kappa shape index (κ3) is 6.20. The number of carbonyl (C=O) groups excluding carboxylic acids is 1. The molecule has 0 fully saturated rings. The summed E-state index contributed by atoms with van der Waals surface area (Å²) < 4.78 is 5.26. The summed E-state index contributed by atoms with van der Waals surface area (Å²) in [5.74, 6) is 0.332. The van der Waals surface area contributed by atoms with E-state index < -0.39 is 0 Å². The molecule has 0 atom stereocenters. The van der Waals surface area contributed by atoms with Gasteiger partial charge < -0.3 is 15.4 Å². The number of ether oxygens (including phenoxy) is 1. The van der Waals surface area contributed by atoms with E-state index in [-0.39, 0.29) is 6.09 Å². The molecule has 19 heavy (non-hydrogen) atoms. The molecular weight excluding hydrogens is 242 g/mol. The Balaban J connectivity index is 2.57. The molecule has 0 aliphatic heterocycles. The number of hydrogen-bond acceptors (Lipinski definition) is 4. The number of carbonyl (C=O) groups is 1. The SMILES string of the molecule is CC(C)COC(=O)N(CCCN)Cc1cccnc1. The van der Waals surface area contributed by atoms with E-state index in [0.717, 1.165) is 12.0 Å². The van der Waals surface area contributed by atoms with Gasteiger partial charge in [-0.05, 0) is 30.5 Å². The maximum Gasteiger partial charge on any atom is 0.410 e. The molecule has 5 nitrogen and oxygen atoms in total. The first-order valence-corrected chi connectivity index (χ1v) is 6.64. The van der Waals surface area contributed by atoms with Crippen LogP contribution in [-0.2, 0) is 11.3 Å². The third-order valence-corrected chi connectivity index (χ3v) is 2.53. The van der Waals surface area contributed by atoms with Gasteiger partial charge in [0.25, 0.3) is 0 Å². The molecule has 1 heterocycles. The van der Waals surface area contributed by atoms with Crippen molar-refractivity contribution in [3.05, 3.63) is 30.1 Å². The molecule has 0 radical (unpaired) electrons. The van der Waals surface area contributed by atoms with Crippen LogP contribution in [0.3, 0.4) is 0 Å². The van der Waals surface area contributed by atoms with E-state index >= 15 is 0 Å². The first kappa shape index (κ1) is 15.4. The van der Waals surface area contributed by atoms with Crippen LogP contribution in [0.4, 0.5) is 4.79 Å². The van der Waals surface area contributed by atoms with Crippen molar-refractivity contribution in [1.82, 2.24) is 9.88 Å². The van der Waals surface area contributed by atoms with Gasteiger partial charge in [0.05, 0.1) is 13.2 Å². The van der Waals surface area contributed by atoms with Crippen LogP contribution in [-0.4, -0.2) is 35.7 Å². The van der Waals surface area contributed by atoms with Crippen molar-refractivity contribution in [3.8, 4) is 0 Å². The molecule has 2 N–H and O–H groups in total. The number of rotatable bonds is 7. The smallest absolute Gasteiger partial charge is 0.410 e. The van der Waals surface area contributed by atoms with Gasteiger partial charge in [-0.15, -0.1) is 0 Å². The van der Waals surface area contributed by atoms with Gasteiger partial charge in [-0.1, -0.05) is 19.9 Å². The van der Waals surface area contributed by atoms with Crippen molar-refractivity contribution in [2.75, 3.05) is 19.7 Å². The Morgan fingerprint density at radius 1 is 1.53 bits per heavy atom. The van der Waals surface area contributed by atoms with E-state index in [1.807, 2.05) is 26.0 Å². The minimum atomic E-state index is -0.286. The molecule has 0 unspecified atom stereocenters. The van der Waals surface area contributed by atoms with Gasteiger partial charge in [-0.25, -0.2) is 4.79 Å². The zero-order chi connectivity index (χ0) is 14.1. The maximum atomic E-state index is 12.0. The van der Waals surface area contributed by atoms with Gasteiger partial charge >= 0.3 is 6.09 Å². The van der Waals surface area contributed by atoms with Crippen molar-refractivity contribution in [2.45, 2.75) is 26.8 Å². The predicted octanol–water partition coefficient (Wildman–Crippen LogP) is 2.03. The molecule has 0 aliphatic rings. The molecule has 0 saturated heterocycles. The van der Waals surface area contributed by atoms with Gasteiger partial charge in [-0.3, -0.25) is 4.98 Å². The highest BCUT2D eigenvalue weighted by Crippen LogP contribution is 2.06. The predicted molar refractivity (Wildman–Crippen MR) is 74.5 cm³/mol. The zero-order valence-corrected chi connectivity index (χ0v) is 11.7. The van der Waals surface area contributed by atoms with Crippen molar-refractivity contribution < 1.29 is 9.53 Å². The summed E-state index contributed by atoms with van der Waals surface area (Å²) in [4.78, 5) is 17.7. The molecule has 0 saturated carbocycles. The second-order valence-electron chi connectivity index (χ2n) is 4.90. The van der Waals surface area contributed by atoms with E-state index in [9.17, 15) is 4.79 Å². The molecule has 1 rings (SSSR count). The quantitative estimate of drug-likeness (QED) is 0.819. The number of pyridine rings is 1. The largest absolute Gasteiger partial charge is 0.449 e. The lowest BCUT2D eigenvalue weighted by atomic mass is 10.2. The Hall–Kier alpha value is -1.62. The average Bonchev–Trinajstić information content (AvgIpc) is 2.41. The van der Waals surface area contributed by atoms with Crippen molar-refractivity contribution in [2.24, 2.45) is 11.7 Å². The standard InChI is InChI=1S/C14H23N3O2/c1-12(2)11-19-14(18)17(8-4-6-15)10-13-5-3-7-16-9-13/h3,5,7,9,12H,4,6,8,10-11,15H2,1-2H3. The Morgan fingerprint density at radius 3 is 2.89 bits per heavy atom. The third-order valence-electron chi connectivity index (χ3n) is 2.53. The van der Waals surface area contributed by atoms with Crippen LogP contribution < -0.4 is 5.73 Å². The number of hydrogen-bond donors (Lipinski definition) is 1. The number of nitrogens with zero attached hydrogens (tertiary/aromatic N) is 2. The molecule has 106 valence electrons. The van der Waals surface area contributed by atoms with Crippen LogP contribution >= 0.6 is 0 Å². The van der Waals surface area contributed by atoms with Gasteiger partial charge in [-0.2, -0.15) is 0 Å². The minimum absolute atomic E-state index is 0.286. The number of amides is 1. The van der Waals surface area contributed by atoms with E-state index in [0.29, 0.717) is 32.2 Å². The fourth-order valence-corrected chi connectivity index (χ4v) is 1.56. The highest BCUT2D eigenvalue weighted by Gasteiger charge is 2.15. The fourth-order valence-electron chi connectivity index (χ4n) is 1.56. The first-order chi connectivity index (χ1) is 9.13. The molecule has 1 amide bonds. The van der Waals surface area contributed by atoms with Gasteiger partial charge in [0, 0.05) is 18.9 Å². The van der Waals surface area contributed by atoms with E-state index in [2.05, 4.69) is 4.98 Å².